The van der Waals surface area contributed by atoms with E-state index in [1.54, 1.807) is 0 Å². The van der Waals surface area contributed by atoms with Crippen molar-refractivity contribution in [1.82, 2.24) is 15.5 Å². The minimum atomic E-state index is -0.850. The lowest BCUT2D eigenvalue weighted by molar-refractivity contribution is -0.136. The Labute approximate surface area is 200 Å². The van der Waals surface area contributed by atoms with Crippen molar-refractivity contribution in [2.45, 2.75) is 57.5 Å². The summed E-state index contributed by atoms with van der Waals surface area (Å²) in [6, 6.07) is 16.3. The van der Waals surface area contributed by atoms with Crippen LogP contribution in [0.1, 0.15) is 63.1 Å². The summed E-state index contributed by atoms with van der Waals surface area (Å²) >= 11 is 0. The van der Waals surface area contributed by atoms with E-state index in [1.807, 2.05) is 61.5 Å². The van der Waals surface area contributed by atoms with E-state index in [0.29, 0.717) is 25.4 Å². The van der Waals surface area contributed by atoms with Crippen LogP contribution in [0, 0.1) is 5.92 Å². The zero-order valence-electron chi connectivity index (χ0n) is 19.9. The van der Waals surface area contributed by atoms with Crippen molar-refractivity contribution in [3.05, 3.63) is 65.7 Å². The summed E-state index contributed by atoms with van der Waals surface area (Å²) in [4.78, 5) is 40.0. The molecule has 1 heterocycles. The second-order valence-electron chi connectivity index (χ2n) is 9.17. The summed E-state index contributed by atoms with van der Waals surface area (Å²) < 4.78 is 5.53. The summed E-state index contributed by atoms with van der Waals surface area (Å²) in [5, 5.41) is 5.92. The van der Waals surface area contributed by atoms with Gasteiger partial charge in [0, 0.05) is 0 Å². The molecule has 7 heteroatoms. The molecule has 0 bridgehead atoms. The molecule has 1 atom stereocenters. The van der Waals surface area contributed by atoms with Gasteiger partial charge in [0.15, 0.2) is 0 Å². The predicted octanol–water partition coefficient (Wildman–Crippen LogP) is 4.18. The number of carbonyl (C=O) groups excluding carboxylic acids is 3. The van der Waals surface area contributed by atoms with Crippen molar-refractivity contribution >= 4 is 17.8 Å². The van der Waals surface area contributed by atoms with Crippen molar-refractivity contribution < 1.29 is 19.1 Å². The van der Waals surface area contributed by atoms with Gasteiger partial charge in [-0.1, -0.05) is 55.8 Å². The molecule has 2 aromatic carbocycles. The third-order valence-electron chi connectivity index (χ3n) is 7.05. The number of benzene rings is 2. The summed E-state index contributed by atoms with van der Waals surface area (Å²) in [5.74, 6) is 0.685. The Bertz CT molecular complexity index is 1010. The van der Waals surface area contributed by atoms with Gasteiger partial charge < -0.3 is 15.4 Å². The molecular weight excluding hydrogens is 430 g/mol. The maximum Gasteiger partial charge on any atom is 0.325 e. The third-order valence-corrected chi connectivity index (χ3v) is 7.05. The lowest BCUT2D eigenvalue weighted by atomic mass is 9.75. The van der Waals surface area contributed by atoms with E-state index in [9.17, 15) is 14.4 Å². The first-order valence-corrected chi connectivity index (χ1v) is 12.2. The fraction of sp³-hybridized carbons (Fsp3) is 0.444. The zero-order valence-corrected chi connectivity index (χ0v) is 19.9. The molecule has 180 valence electrons. The Balaban J connectivity index is 1.48. The van der Waals surface area contributed by atoms with E-state index >= 15 is 0 Å². The summed E-state index contributed by atoms with van der Waals surface area (Å²) in [7, 11) is 0. The monoisotopic (exact) mass is 463 g/mol. The SMILES string of the molecule is CCOc1ccc(C(NC(=O)CN2C(=O)NC3(CCC(CC)CC3)C2=O)c2ccccc2)cc1. The van der Waals surface area contributed by atoms with Crippen LogP contribution < -0.4 is 15.4 Å². The molecule has 34 heavy (non-hydrogen) atoms. The highest BCUT2D eigenvalue weighted by atomic mass is 16.5. The largest absolute Gasteiger partial charge is 0.494 e. The minimum absolute atomic E-state index is 0.278. The molecule has 1 aliphatic heterocycles. The maximum atomic E-state index is 13.2. The van der Waals surface area contributed by atoms with Crippen molar-refractivity contribution in [1.29, 1.82) is 0 Å². The molecule has 0 radical (unpaired) electrons. The second kappa shape index (κ2) is 10.3. The number of hydrogen-bond acceptors (Lipinski definition) is 4. The van der Waals surface area contributed by atoms with Crippen LogP contribution in [-0.4, -0.2) is 41.4 Å². The second-order valence-corrected chi connectivity index (χ2v) is 9.17. The van der Waals surface area contributed by atoms with Crippen molar-refractivity contribution in [3.8, 4) is 5.75 Å². The molecule has 1 aliphatic carbocycles. The van der Waals surface area contributed by atoms with Gasteiger partial charge in [-0.3, -0.25) is 14.5 Å². The molecule has 2 fully saturated rings. The molecule has 4 rings (SSSR count). The summed E-state index contributed by atoms with van der Waals surface area (Å²) in [6.45, 7) is 4.35. The lowest BCUT2D eigenvalue weighted by Gasteiger charge is -2.34. The molecule has 2 aliphatic rings. The number of urea groups is 1. The van der Waals surface area contributed by atoms with Crippen LogP contribution in [0.4, 0.5) is 4.79 Å². The van der Waals surface area contributed by atoms with Gasteiger partial charge in [0.1, 0.15) is 17.8 Å². The van der Waals surface area contributed by atoms with Crippen LogP contribution >= 0.6 is 0 Å². The summed E-state index contributed by atoms with van der Waals surface area (Å²) in [5.41, 5.74) is 0.942. The zero-order chi connectivity index (χ0) is 24.1. The molecule has 1 saturated carbocycles. The van der Waals surface area contributed by atoms with E-state index in [4.69, 9.17) is 4.74 Å². The number of rotatable bonds is 8. The average Bonchev–Trinajstić information content (AvgIpc) is 3.08. The number of amides is 4. The van der Waals surface area contributed by atoms with Gasteiger partial charge in [0.2, 0.25) is 5.91 Å². The molecule has 7 nitrogen and oxygen atoms in total. The highest BCUT2D eigenvalue weighted by Crippen LogP contribution is 2.37. The average molecular weight is 464 g/mol. The van der Waals surface area contributed by atoms with E-state index in [2.05, 4.69) is 17.6 Å². The number of ether oxygens (including phenoxy) is 1. The van der Waals surface area contributed by atoms with Gasteiger partial charge in [-0.05, 0) is 61.8 Å². The molecular formula is C27H33N3O4. The number of nitrogens with zero attached hydrogens (tertiary/aromatic N) is 1. The Kier molecular flexibility index (Phi) is 7.20. The Morgan fingerprint density at radius 2 is 1.71 bits per heavy atom. The molecule has 0 aromatic heterocycles. The van der Waals surface area contributed by atoms with Gasteiger partial charge in [-0.2, -0.15) is 0 Å². The number of nitrogens with one attached hydrogen (secondary N) is 2. The fourth-order valence-corrected chi connectivity index (χ4v) is 5.02. The molecule has 2 N–H and O–H groups in total. The van der Waals surface area contributed by atoms with Crippen LogP contribution in [0.5, 0.6) is 5.75 Å². The van der Waals surface area contributed by atoms with Crippen LogP contribution in [0.2, 0.25) is 0 Å². The fourth-order valence-electron chi connectivity index (χ4n) is 5.02. The molecule has 1 spiro atoms. The predicted molar refractivity (Wildman–Crippen MR) is 129 cm³/mol. The normalized spacial score (nSPS) is 23.0. The molecule has 2 aromatic rings. The van der Waals surface area contributed by atoms with Crippen molar-refractivity contribution in [3.63, 3.8) is 0 Å². The highest BCUT2D eigenvalue weighted by Gasteiger charge is 2.52. The Morgan fingerprint density at radius 1 is 1.06 bits per heavy atom. The van der Waals surface area contributed by atoms with Crippen molar-refractivity contribution in [2.75, 3.05) is 13.2 Å². The first-order chi connectivity index (χ1) is 16.5. The number of carbonyl (C=O) groups is 3. The quantitative estimate of drug-likeness (QED) is 0.575. The Hall–Kier alpha value is -3.35. The highest BCUT2D eigenvalue weighted by molar-refractivity contribution is 6.09. The summed E-state index contributed by atoms with van der Waals surface area (Å²) in [6.07, 6.45) is 4.17. The smallest absolute Gasteiger partial charge is 0.325 e. The lowest BCUT2D eigenvalue weighted by Crippen LogP contribution is -2.50. The van der Waals surface area contributed by atoms with Crippen LogP contribution in [0.15, 0.2) is 54.6 Å². The van der Waals surface area contributed by atoms with Gasteiger partial charge >= 0.3 is 6.03 Å². The first kappa shape index (κ1) is 23.8. The third kappa shape index (κ3) is 4.93. The standard InChI is InChI=1S/C27H33N3O4/c1-3-19-14-16-27(17-15-19)25(32)30(26(33)29-27)18-23(31)28-24(20-8-6-5-7-9-20)21-10-12-22(13-11-21)34-4-2/h5-13,19,24H,3-4,14-18H2,1-2H3,(H,28,31)(H,29,33). The maximum absolute atomic E-state index is 13.2. The molecule has 1 unspecified atom stereocenters. The van der Waals surface area contributed by atoms with Crippen LogP contribution in [0.25, 0.3) is 0 Å². The van der Waals surface area contributed by atoms with Gasteiger partial charge in [-0.25, -0.2) is 4.79 Å². The number of imide groups is 1. The van der Waals surface area contributed by atoms with Gasteiger partial charge in [0.05, 0.1) is 12.6 Å². The van der Waals surface area contributed by atoms with E-state index in [1.165, 1.54) is 0 Å². The van der Waals surface area contributed by atoms with Gasteiger partial charge in [0.25, 0.3) is 5.91 Å². The van der Waals surface area contributed by atoms with Crippen molar-refractivity contribution in [2.24, 2.45) is 5.92 Å². The topological polar surface area (TPSA) is 87.7 Å². The molecule has 4 amide bonds. The van der Waals surface area contributed by atoms with Crippen LogP contribution in [-0.2, 0) is 9.59 Å². The molecule has 1 saturated heterocycles. The number of hydrogen-bond donors (Lipinski definition) is 2. The van der Waals surface area contributed by atoms with Gasteiger partial charge in [-0.15, -0.1) is 0 Å². The first-order valence-electron chi connectivity index (χ1n) is 12.2. The minimum Gasteiger partial charge on any atom is -0.494 e. The van der Waals surface area contributed by atoms with Crippen LogP contribution in [0.3, 0.4) is 0 Å². The van der Waals surface area contributed by atoms with E-state index < -0.39 is 17.6 Å². The van der Waals surface area contributed by atoms with E-state index in [-0.39, 0.29) is 18.4 Å². The van der Waals surface area contributed by atoms with E-state index in [0.717, 1.165) is 41.0 Å². The Morgan fingerprint density at radius 3 is 2.32 bits per heavy atom.